The zero-order valence-corrected chi connectivity index (χ0v) is 19.1. The van der Waals surface area contributed by atoms with Crippen LogP contribution in [-0.4, -0.2) is 19.2 Å². The molecule has 4 aromatic carbocycles. The minimum atomic E-state index is -0.298. The summed E-state index contributed by atoms with van der Waals surface area (Å²) in [6, 6.07) is 24.8. The number of benzene rings is 4. The third kappa shape index (κ3) is 5.33. The topological polar surface area (TPSA) is 59.9 Å². The minimum Gasteiger partial charge on any atom is -0.493 e. The number of halogens is 1. The van der Waals surface area contributed by atoms with E-state index in [0.29, 0.717) is 34.3 Å². The number of hydrazone groups is 1. The number of carbonyl (C=O) groups excluding carboxylic acids is 1. The van der Waals surface area contributed by atoms with E-state index in [1.807, 2.05) is 67.6 Å². The maximum atomic E-state index is 12.5. The molecule has 0 radical (unpaired) electrons. The van der Waals surface area contributed by atoms with Gasteiger partial charge in [-0.3, -0.25) is 4.79 Å². The summed E-state index contributed by atoms with van der Waals surface area (Å²) in [5, 5.41) is 6.53. The van der Waals surface area contributed by atoms with Gasteiger partial charge in [-0.25, -0.2) is 5.43 Å². The zero-order chi connectivity index (χ0) is 23.2. The quantitative estimate of drug-likeness (QED) is 0.267. The number of fused-ring (bicyclic) bond motifs is 1. The fourth-order valence-electron chi connectivity index (χ4n) is 3.44. The average Bonchev–Trinajstić information content (AvgIpc) is 2.83. The second-order valence-corrected chi connectivity index (χ2v) is 7.92. The van der Waals surface area contributed by atoms with E-state index < -0.39 is 0 Å². The van der Waals surface area contributed by atoms with Gasteiger partial charge in [-0.1, -0.05) is 66.2 Å². The molecule has 0 aromatic heterocycles. The maximum Gasteiger partial charge on any atom is 0.271 e. The molecule has 0 aliphatic heterocycles. The van der Waals surface area contributed by atoms with Crippen molar-refractivity contribution in [1.82, 2.24) is 5.43 Å². The van der Waals surface area contributed by atoms with Crippen LogP contribution in [0.4, 0.5) is 0 Å². The third-order valence-electron chi connectivity index (χ3n) is 5.28. The first kappa shape index (κ1) is 22.4. The number of ether oxygens (including phenoxy) is 2. The second-order valence-electron chi connectivity index (χ2n) is 7.51. The van der Waals surface area contributed by atoms with Crippen molar-refractivity contribution in [3.63, 3.8) is 0 Å². The number of carbonyl (C=O) groups is 1. The van der Waals surface area contributed by atoms with Gasteiger partial charge in [-0.05, 0) is 58.7 Å². The Morgan fingerprint density at radius 3 is 2.55 bits per heavy atom. The molecule has 0 saturated heterocycles. The first-order valence-electron chi connectivity index (χ1n) is 10.4. The zero-order valence-electron chi connectivity index (χ0n) is 18.3. The Morgan fingerprint density at radius 2 is 1.76 bits per heavy atom. The summed E-state index contributed by atoms with van der Waals surface area (Å²) in [7, 11) is 1.55. The molecule has 0 heterocycles. The summed E-state index contributed by atoms with van der Waals surface area (Å²) in [4.78, 5) is 12.5. The van der Waals surface area contributed by atoms with Gasteiger partial charge in [0.05, 0.1) is 18.3 Å². The van der Waals surface area contributed by atoms with Crippen LogP contribution in [0.3, 0.4) is 0 Å². The summed E-state index contributed by atoms with van der Waals surface area (Å²) in [5.41, 5.74) is 5.95. The molecule has 6 heteroatoms. The van der Waals surface area contributed by atoms with Crippen LogP contribution in [-0.2, 0) is 6.61 Å². The summed E-state index contributed by atoms with van der Waals surface area (Å²) >= 11 is 6.46. The Bertz CT molecular complexity index is 1330. The van der Waals surface area contributed by atoms with Gasteiger partial charge < -0.3 is 9.47 Å². The van der Waals surface area contributed by atoms with Crippen molar-refractivity contribution >= 4 is 34.5 Å². The standard InChI is InChI=1S/C27H23ClN2O3/c1-18-7-3-4-10-23(18)17-33-26-24(28)13-19(14-25(26)32-2)16-29-30-27(31)22-12-11-20-8-5-6-9-21(20)15-22/h3-16H,17H2,1-2H3,(H,30,31)/b29-16-. The first-order chi connectivity index (χ1) is 16.0. The lowest BCUT2D eigenvalue weighted by Crippen LogP contribution is -2.17. The maximum absolute atomic E-state index is 12.5. The highest BCUT2D eigenvalue weighted by molar-refractivity contribution is 6.32. The molecule has 0 aliphatic carbocycles. The predicted octanol–water partition coefficient (Wildman–Crippen LogP) is 6.15. The van der Waals surface area contributed by atoms with E-state index in [9.17, 15) is 4.79 Å². The highest BCUT2D eigenvalue weighted by Gasteiger charge is 2.13. The fourth-order valence-corrected chi connectivity index (χ4v) is 3.71. The van der Waals surface area contributed by atoms with E-state index in [-0.39, 0.29) is 5.91 Å². The van der Waals surface area contributed by atoms with E-state index in [1.54, 1.807) is 25.3 Å². The number of hydrogen-bond acceptors (Lipinski definition) is 4. The van der Waals surface area contributed by atoms with Crippen LogP contribution >= 0.6 is 11.6 Å². The molecule has 0 aliphatic rings. The van der Waals surface area contributed by atoms with Gasteiger partial charge >= 0.3 is 0 Å². The molecule has 33 heavy (non-hydrogen) atoms. The smallest absolute Gasteiger partial charge is 0.271 e. The number of rotatable bonds is 7. The van der Waals surface area contributed by atoms with E-state index in [1.165, 1.54) is 6.21 Å². The molecule has 0 unspecified atom stereocenters. The van der Waals surface area contributed by atoms with Crippen molar-refractivity contribution in [2.45, 2.75) is 13.5 Å². The van der Waals surface area contributed by atoms with Crippen LogP contribution < -0.4 is 14.9 Å². The summed E-state index contributed by atoms with van der Waals surface area (Å²) < 4.78 is 11.4. The Morgan fingerprint density at radius 1 is 1.00 bits per heavy atom. The Labute approximate surface area is 197 Å². The molecule has 0 spiro atoms. The van der Waals surface area contributed by atoms with Crippen molar-refractivity contribution in [3.05, 3.63) is 106 Å². The number of hydrogen-bond donors (Lipinski definition) is 1. The molecule has 1 N–H and O–H groups in total. The molecular formula is C27H23ClN2O3. The van der Waals surface area contributed by atoms with Crippen molar-refractivity contribution < 1.29 is 14.3 Å². The van der Waals surface area contributed by atoms with Crippen LogP contribution in [0.2, 0.25) is 5.02 Å². The average molecular weight is 459 g/mol. The lowest BCUT2D eigenvalue weighted by atomic mass is 10.1. The van der Waals surface area contributed by atoms with Gasteiger partial charge in [0.25, 0.3) is 5.91 Å². The molecule has 1 amide bonds. The summed E-state index contributed by atoms with van der Waals surface area (Å²) in [6.45, 7) is 2.40. The minimum absolute atomic E-state index is 0.298. The van der Waals surface area contributed by atoms with Crippen LogP contribution in [0.1, 0.15) is 27.0 Å². The van der Waals surface area contributed by atoms with Crippen LogP contribution in [0.25, 0.3) is 10.8 Å². The van der Waals surface area contributed by atoms with E-state index in [0.717, 1.165) is 21.9 Å². The van der Waals surface area contributed by atoms with E-state index >= 15 is 0 Å². The largest absolute Gasteiger partial charge is 0.493 e. The third-order valence-corrected chi connectivity index (χ3v) is 5.56. The van der Waals surface area contributed by atoms with Gasteiger partial charge in [-0.15, -0.1) is 0 Å². The molecule has 0 atom stereocenters. The lowest BCUT2D eigenvalue weighted by Gasteiger charge is -2.14. The van der Waals surface area contributed by atoms with E-state index in [2.05, 4.69) is 10.5 Å². The van der Waals surface area contributed by atoms with Gasteiger partial charge in [0, 0.05) is 5.56 Å². The Kier molecular flexibility index (Phi) is 6.91. The van der Waals surface area contributed by atoms with Gasteiger partial charge in [0.2, 0.25) is 0 Å². The number of aryl methyl sites for hydroxylation is 1. The second kappa shape index (κ2) is 10.2. The normalized spacial score (nSPS) is 11.0. The molecule has 4 aromatic rings. The number of nitrogens with zero attached hydrogens (tertiary/aromatic N) is 1. The van der Waals surface area contributed by atoms with Gasteiger partial charge in [-0.2, -0.15) is 5.10 Å². The Hall–Kier alpha value is -3.83. The predicted molar refractivity (Wildman–Crippen MR) is 133 cm³/mol. The van der Waals surface area contributed by atoms with Crippen LogP contribution in [0.5, 0.6) is 11.5 Å². The molecule has 4 rings (SSSR count). The van der Waals surface area contributed by atoms with Crippen LogP contribution in [0.15, 0.2) is 84.0 Å². The number of methoxy groups -OCH3 is 1. The fraction of sp³-hybridized carbons (Fsp3) is 0.111. The van der Waals surface area contributed by atoms with E-state index in [4.69, 9.17) is 21.1 Å². The van der Waals surface area contributed by atoms with Crippen LogP contribution in [0, 0.1) is 6.92 Å². The molecular weight excluding hydrogens is 436 g/mol. The first-order valence-corrected chi connectivity index (χ1v) is 10.8. The van der Waals surface area contributed by atoms with Crippen molar-refractivity contribution in [1.29, 1.82) is 0 Å². The highest BCUT2D eigenvalue weighted by atomic mass is 35.5. The number of nitrogens with one attached hydrogen (secondary N) is 1. The SMILES string of the molecule is COc1cc(/C=N\NC(=O)c2ccc3ccccc3c2)cc(Cl)c1OCc1ccccc1C. The molecule has 0 fully saturated rings. The highest BCUT2D eigenvalue weighted by Crippen LogP contribution is 2.36. The molecule has 5 nitrogen and oxygen atoms in total. The molecule has 166 valence electrons. The lowest BCUT2D eigenvalue weighted by molar-refractivity contribution is 0.0955. The molecule has 0 bridgehead atoms. The summed E-state index contributed by atoms with van der Waals surface area (Å²) in [6.07, 6.45) is 1.51. The number of amides is 1. The Balaban J connectivity index is 1.45. The van der Waals surface area contributed by atoms with Crippen molar-refractivity contribution in [2.75, 3.05) is 7.11 Å². The van der Waals surface area contributed by atoms with Crippen molar-refractivity contribution in [2.24, 2.45) is 5.10 Å². The molecule has 0 saturated carbocycles. The van der Waals surface area contributed by atoms with Crippen molar-refractivity contribution in [3.8, 4) is 11.5 Å². The van der Waals surface area contributed by atoms with Gasteiger partial charge in [0.1, 0.15) is 6.61 Å². The van der Waals surface area contributed by atoms with Gasteiger partial charge in [0.15, 0.2) is 11.5 Å². The monoisotopic (exact) mass is 458 g/mol. The summed E-state index contributed by atoms with van der Waals surface area (Å²) in [5.74, 6) is 0.645.